The highest BCUT2D eigenvalue weighted by Crippen LogP contribution is 2.30. The fraction of sp³-hybridized carbons (Fsp3) is 0.382. The Labute approximate surface area is 253 Å². The summed E-state index contributed by atoms with van der Waals surface area (Å²) in [4.78, 5) is 31.0. The molecule has 2 fully saturated rings. The Kier molecular flexibility index (Phi) is 10.6. The van der Waals surface area contributed by atoms with Crippen LogP contribution >= 0.6 is 0 Å². The number of anilines is 3. The van der Waals surface area contributed by atoms with Crippen LogP contribution in [-0.4, -0.2) is 69.3 Å². The van der Waals surface area contributed by atoms with Gasteiger partial charge in [-0.25, -0.2) is 4.79 Å². The molecule has 3 aromatic rings. The second-order valence-corrected chi connectivity index (χ2v) is 11.2. The van der Waals surface area contributed by atoms with Crippen molar-refractivity contribution in [2.75, 3.05) is 68.0 Å². The first-order valence-electron chi connectivity index (χ1n) is 15.2. The van der Waals surface area contributed by atoms with Gasteiger partial charge in [-0.1, -0.05) is 36.4 Å². The maximum absolute atomic E-state index is 13.5. The summed E-state index contributed by atoms with van der Waals surface area (Å²) in [5.41, 5.74) is 4.31. The number of ether oxygens (including phenoxy) is 1. The Balaban J connectivity index is 1.24. The molecular weight excluding hydrogens is 540 g/mol. The number of hydrogen-bond acceptors (Lipinski definition) is 6. The van der Waals surface area contributed by atoms with Gasteiger partial charge in [0.05, 0.1) is 30.4 Å². The number of nitrogens with one attached hydrogen (secondary N) is 3. The average molecular weight is 581 g/mol. The van der Waals surface area contributed by atoms with Crippen LogP contribution in [-0.2, 0) is 11.2 Å². The third kappa shape index (κ3) is 8.80. The van der Waals surface area contributed by atoms with Gasteiger partial charge < -0.3 is 25.6 Å². The summed E-state index contributed by atoms with van der Waals surface area (Å²) in [6.07, 6.45) is 4.04. The molecule has 0 unspecified atom stereocenters. The van der Waals surface area contributed by atoms with Crippen molar-refractivity contribution in [1.29, 1.82) is 5.26 Å². The number of hydrogen-bond donors (Lipinski definition) is 3. The molecule has 9 nitrogen and oxygen atoms in total. The summed E-state index contributed by atoms with van der Waals surface area (Å²) >= 11 is 0. The summed E-state index contributed by atoms with van der Waals surface area (Å²) < 4.78 is 5.43. The first-order valence-corrected chi connectivity index (χ1v) is 15.2. The second-order valence-electron chi connectivity index (χ2n) is 11.2. The Morgan fingerprint density at radius 3 is 2.37 bits per heavy atom. The molecule has 0 aliphatic carbocycles. The molecule has 5 rings (SSSR count). The number of nitriles is 1. The van der Waals surface area contributed by atoms with Crippen LogP contribution in [0.15, 0.2) is 72.8 Å². The molecule has 3 amide bonds. The standard InChI is InChI=1S/C34H40N6O3/c35-25-28-8-4-9-29(23-28)37-34(42)38-30-10-11-32(40-16-12-27(13-17-40)22-26-6-2-1-3-7-26)31(24-30)33(41)36-14-5-15-39-18-20-43-21-19-39/h1-4,6-11,23-24,27H,5,12-22H2,(H,36,41)(H2,37,38,42). The second kappa shape index (κ2) is 15.2. The van der Waals surface area contributed by atoms with E-state index in [4.69, 9.17) is 10.00 Å². The van der Waals surface area contributed by atoms with Crippen LogP contribution in [0.3, 0.4) is 0 Å². The Bertz CT molecular complexity index is 1410. The molecule has 0 bridgehead atoms. The van der Waals surface area contributed by atoms with E-state index in [2.05, 4.69) is 62.2 Å². The van der Waals surface area contributed by atoms with Crippen LogP contribution in [0, 0.1) is 17.2 Å². The minimum absolute atomic E-state index is 0.144. The van der Waals surface area contributed by atoms with Gasteiger partial charge in [-0.15, -0.1) is 0 Å². The molecule has 0 aromatic heterocycles. The topological polar surface area (TPSA) is 110 Å². The van der Waals surface area contributed by atoms with Crippen molar-refractivity contribution >= 4 is 29.0 Å². The van der Waals surface area contributed by atoms with Gasteiger partial charge in [0, 0.05) is 49.8 Å². The fourth-order valence-electron chi connectivity index (χ4n) is 5.78. The number of carbonyl (C=O) groups excluding carboxylic acids is 2. The summed E-state index contributed by atoms with van der Waals surface area (Å²) in [6, 6.07) is 24.5. The summed E-state index contributed by atoms with van der Waals surface area (Å²) in [5.74, 6) is 0.467. The molecule has 0 radical (unpaired) electrons. The van der Waals surface area contributed by atoms with Crippen LogP contribution < -0.4 is 20.9 Å². The highest BCUT2D eigenvalue weighted by atomic mass is 16.5. The molecule has 0 atom stereocenters. The van der Waals surface area contributed by atoms with Crippen LogP contribution in [0.4, 0.5) is 21.9 Å². The summed E-state index contributed by atoms with van der Waals surface area (Å²) in [5, 5.41) is 17.9. The highest BCUT2D eigenvalue weighted by molar-refractivity contribution is 6.04. The van der Waals surface area contributed by atoms with E-state index in [9.17, 15) is 9.59 Å². The molecule has 224 valence electrons. The lowest BCUT2D eigenvalue weighted by Crippen LogP contribution is -2.38. The first-order chi connectivity index (χ1) is 21.1. The zero-order valence-corrected chi connectivity index (χ0v) is 24.6. The van der Waals surface area contributed by atoms with Crippen LogP contribution in [0.1, 0.15) is 40.7 Å². The monoisotopic (exact) mass is 580 g/mol. The quantitative estimate of drug-likeness (QED) is 0.288. The largest absolute Gasteiger partial charge is 0.379 e. The van der Waals surface area contributed by atoms with Crippen molar-refractivity contribution in [1.82, 2.24) is 10.2 Å². The van der Waals surface area contributed by atoms with Gasteiger partial charge in [-0.05, 0) is 80.1 Å². The number of carbonyl (C=O) groups is 2. The lowest BCUT2D eigenvalue weighted by Gasteiger charge is -2.35. The maximum Gasteiger partial charge on any atom is 0.323 e. The van der Waals surface area contributed by atoms with Crippen molar-refractivity contribution in [2.24, 2.45) is 5.92 Å². The van der Waals surface area contributed by atoms with Gasteiger partial charge in [-0.3, -0.25) is 9.69 Å². The van der Waals surface area contributed by atoms with Crippen LogP contribution in [0.25, 0.3) is 0 Å². The third-order valence-corrected chi connectivity index (χ3v) is 8.11. The number of morpholine rings is 1. The van der Waals surface area contributed by atoms with Gasteiger partial charge in [0.15, 0.2) is 0 Å². The highest BCUT2D eigenvalue weighted by Gasteiger charge is 2.24. The predicted octanol–water partition coefficient (Wildman–Crippen LogP) is 5.11. The van der Waals surface area contributed by atoms with Crippen molar-refractivity contribution in [3.8, 4) is 6.07 Å². The zero-order valence-electron chi connectivity index (χ0n) is 24.6. The fourth-order valence-corrected chi connectivity index (χ4v) is 5.78. The van der Waals surface area contributed by atoms with Gasteiger partial charge in [0.2, 0.25) is 0 Å². The lowest BCUT2D eigenvalue weighted by atomic mass is 9.89. The predicted molar refractivity (Wildman–Crippen MR) is 170 cm³/mol. The Morgan fingerprint density at radius 2 is 1.63 bits per heavy atom. The number of benzene rings is 3. The van der Waals surface area contributed by atoms with E-state index >= 15 is 0 Å². The molecule has 3 aromatic carbocycles. The zero-order chi connectivity index (χ0) is 29.9. The van der Waals surface area contributed by atoms with E-state index in [1.807, 2.05) is 12.1 Å². The molecule has 0 spiro atoms. The molecule has 3 N–H and O–H groups in total. The van der Waals surface area contributed by atoms with E-state index in [1.54, 1.807) is 30.3 Å². The lowest BCUT2D eigenvalue weighted by molar-refractivity contribution is 0.0374. The van der Waals surface area contributed by atoms with E-state index in [1.165, 1.54) is 5.56 Å². The van der Waals surface area contributed by atoms with Crippen molar-refractivity contribution < 1.29 is 14.3 Å². The molecule has 2 aliphatic heterocycles. The molecule has 9 heteroatoms. The molecule has 43 heavy (non-hydrogen) atoms. The number of rotatable bonds is 10. The van der Waals surface area contributed by atoms with E-state index in [0.717, 1.165) is 77.3 Å². The van der Waals surface area contributed by atoms with E-state index < -0.39 is 6.03 Å². The Hall–Kier alpha value is -4.39. The van der Waals surface area contributed by atoms with Gasteiger partial charge in [0.1, 0.15) is 0 Å². The minimum Gasteiger partial charge on any atom is -0.379 e. The normalized spacial score (nSPS) is 15.8. The SMILES string of the molecule is N#Cc1cccc(NC(=O)Nc2ccc(N3CCC(Cc4ccccc4)CC3)c(C(=O)NCCCN3CCOCC3)c2)c1. The molecule has 2 aliphatic rings. The first kappa shape index (κ1) is 30.1. The summed E-state index contributed by atoms with van der Waals surface area (Å²) in [7, 11) is 0. The molecule has 0 saturated carbocycles. The van der Waals surface area contributed by atoms with E-state index in [0.29, 0.717) is 35.0 Å². The van der Waals surface area contributed by atoms with E-state index in [-0.39, 0.29) is 5.91 Å². The van der Waals surface area contributed by atoms with Crippen molar-refractivity contribution in [2.45, 2.75) is 25.7 Å². The van der Waals surface area contributed by atoms with Crippen LogP contribution in [0.5, 0.6) is 0 Å². The van der Waals surface area contributed by atoms with Gasteiger partial charge >= 0.3 is 6.03 Å². The third-order valence-electron chi connectivity index (χ3n) is 8.11. The number of piperidine rings is 1. The Morgan fingerprint density at radius 1 is 0.884 bits per heavy atom. The molecule has 2 saturated heterocycles. The van der Waals surface area contributed by atoms with Crippen molar-refractivity contribution in [3.63, 3.8) is 0 Å². The van der Waals surface area contributed by atoms with Gasteiger partial charge in [-0.2, -0.15) is 5.26 Å². The van der Waals surface area contributed by atoms with Crippen molar-refractivity contribution in [3.05, 3.63) is 89.5 Å². The van der Waals surface area contributed by atoms with Gasteiger partial charge in [0.25, 0.3) is 5.91 Å². The molecule has 2 heterocycles. The average Bonchev–Trinajstić information content (AvgIpc) is 3.04. The smallest absolute Gasteiger partial charge is 0.323 e. The summed E-state index contributed by atoms with van der Waals surface area (Å²) in [6.45, 7) is 6.60. The minimum atomic E-state index is -0.443. The number of nitrogens with zero attached hydrogens (tertiary/aromatic N) is 3. The van der Waals surface area contributed by atoms with Crippen LogP contribution in [0.2, 0.25) is 0 Å². The number of amides is 3. The maximum atomic E-state index is 13.5. The number of urea groups is 1. The molecular formula is C34H40N6O3.